The molecule has 2 aliphatic rings. The number of hydrogen-bond donors (Lipinski definition) is 0. The first-order valence-electron chi connectivity index (χ1n) is 8.87. The van der Waals surface area contributed by atoms with Crippen LogP contribution >= 0.6 is 0 Å². The molecule has 0 spiro atoms. The third kappa shape index (κ3) is 4.19. The van der Waals surface area contributed by atoms with Crippen LogP contribution in [0.2, 0.25) is 0 Å². The molecule has 0 N–H and O–H groups in total. The van der Waals surface area contributed by atoms with Gasteiger partial charge in [0.2, 0.25) is 11.7 Å². The minimum atomic E-state index is -2.90. The SMILES string of the molecule is FC(F)Oc1ccccc1-c1noc(CN(CC2CCOC2)C2CC2)n1. The lowest BCUT2D eigenvalue weighted by molar-refractivity contribution is -0.0494. The van der Waals surface area contributed by atoms with Gasteiger partial charge in [-0.25, -0.2) is 0 Å². The number of halogens is 2. The van der Waals surface area contributed by atoms with Crippen LogP contribution in [-0.2, 0) is 11.3 Å². The first-order chi connectivity index (χ1) is 12.7. The molecule has 1 saturated heterocycles. The van der Waals surface area contributed by atoms with Crippen LogP contribution in [0.25, 0.3) is 11.4 Å². The van der Waals surface area contributed by atoms with E-state index in [1.807, 2.05) is 0 Å². The van der Waals surface area contributed by atoms with E-state index in [1.165, 1.54) is 18.9 Å². The van der Waals surface area contributed by atoms with Crippen molar-refractivity contribution in [3.63, 3.8) is 0 Å². The van der Waals surface area contributed by atoms with E-state index in [4.69, 9.17) is 9.26 Å². The molecule has 4 rings (SSSR count). The van der Waals surface area contributed by atoms with Crippen molar-refractivity contribution >= 4 is 0 Å². The molecule has 1 unspecified atom stereocenters. The molecule has 8 heteroatoms. The van der Waals surface area contributed by atoms with Gasteiger partial charge in [-0.2, -0.15) is 13.8 Å². The summed E-state index contributed by atoms with van der Waals surface area (Å²) in [7, 11) is 0. The zero-order valence-electron chi connectivity index (χ0n) is 14.3. The van der Waals surface area contributed by atoms with Gasteiger partial charge in [-0.3, -0.25) is 4.90 Å². The largest absolute Gasteiger partial charge is 0.434 e. The molecule has 0 bridgehead atoms. The lowest BCUT2D eigenvalue weighted by Gasteiger charge is -2.22. The monoisotopic (exact) mass is 365 g/mol. The summed E-state index contributed by atoms with van der Waals surface area (Å²) < 4.78 is 40.5. The normalized spacial score (nSPS) is 20.2. The summed E-state index contributed by atoms with van der Waals surface area (Å²) in [6, 6.07) is 7.01. The Labute approximate surface area is 150 Å². The number of para-hydroxylation sites is 1. The fourth-order valence-corrected chi connectivity index (χ4v) is 3.29. The van der Waals surface area contributed by atoms with Crippen LogP contribution < -0.4 is 4.74 Å². The minimum Gasteiger partial charge on any atom is -0.434 e. The van der Waals surface area contributed by atoms with Crippen molar-refractivity contribution in [1.29, 1.82) is 0 Å². The Bertz CT molecular complexity index is 730. The Morgan fingerprint density at radius 2 is 2.08 bits per heavy atom. The molecule has 1 aromatic carbocycles. The molecule has 6 nitrogen and oxygen atoms in total. The van der Waals surface area contributed by atoms with Crippen LogP contribution in [0, 0.1) is 5.92 Å². The predicted octanol–water partition coefficient (Wildman–Crippen LogP) is 3.34. The van der Waals surface area contributed by atoms with Gasteiger partial charge < -0.3 is 14.0 Å². The van der Waals surface area contributed by atoms with Crippen LogP contribution in [0.5, 0.6) is 5.75 Å². The van der Waals surface area contributed by atoms with Crippen molar-refractivity contribution in [1.82, 2.24) is 15.0 Å². The molecular weight excluding hydrogens is 344 g/mol. The second-order valence-electron chi connectivity index (χ2n) is 6.78. The molecule has 1 aromatic heterocycles. The third-order valence-corrected chi connectivity index (χ3v) is 4.73. The summed E-state index contributed by atoms with van der Waals surface area (Å²) in [5.74, 6) is 1.32. The van der Waals surface area contributed by atoms with E-state index in [2.05, 4.69) is 19.8 Å². The Balaban J connectivity index is 1.47. The van der Waals surface area contributed by atoms with E-state index in [9.17, 15) is 8.78 Å². The number of hydrogen-bond acceptors (Lipinski definition) is 6. The number of benzene rings is 1. The molecule has 2 fully saturated rings. The standard InChI is InChI=1S/C18H21F2N3O3/c19-18(20)25-15-4-2-1-3-14(15)17-21-16(26-22-17)10-23(13-5-6-13)9-12-7-8-24-11-12/h1-4,12-13,18H,5-11H2. The molecular formula is C18H21F2N3O3. The maximum absolute atomic E-state index is 12.6. The summed E-state index contributed by atoms with van der Waals surface area (Å²) in [5.41, 5.74) is 0.393. The highest BCUT2D eigenvalue weighted by Gasteiger charge is 2.32. The average Bonchev–Trinajstić information content (AvgIpc) is 3.14. The maximum Gasteiger partial charge on any atom is 0.387 e. The zero-order valence-corrected chi connectivity index (χ0v) is 14.3. The highest BCUT2D eigenvalue weighted by Crippen LogP contribution is 2.32. The van der Waals surface area contributed by atoms with Gasteiger partial charge in [-0.05, 0) is 37.3 Å². The van der Waals surface area contributed by atoms with E-state index in [0.717, 1.165) is 26.2 Å². The minimum absolute atomic E-state index is 0.0389. The Hall–Kier alpha value is -2.06. The molecule has 26 heavy (non-hydrogen) atoms. The van der Waals surface area contributed by atoms with E-state index < -0.39 is 6.61 Å². The van der Waals surface area contributed by atoms with Crippen molar-refractivity contribution in [2.75, 3.05) is 19.8 Å². The lowest BCUT2D eigenvalue weighted by atomic mass is 10.1. The highest BCUT2D eigenvalue weighted by molar-refractivity contribution is 5.63. The molecule has 0 radical (unpaired) electrons. The van der Waals surface area contributed by atoms with Gasteiger partial charge in [-0.15, -0.1) is 0 Å². The zero-order chi connectivity index (χ0) is 17.9. The van der Waals surface area contributed by atoms with Gasteiger partial charge in [0.05, 0.1) is 18.7 Å². The van der Waals surface area contributed by atoms with E-state index in [1.54, 1.807) is 18.2 Å². The fraction of sp³-hybridized carbons (Fsp3) is 0.556. The first-order valence-corrected chi connectivity index (χ1v) is 8.87. The van der Waals surface area contributed by atoms with Gasteiger partial charge in [0.15, 0.2) is 0 Å². The molecule has 1 aliphatic heterocycles. The van der Waals surface area contributed by atoms with Gasteiger partial charge in [0.25, 0.3) is 0 Å². The Kier molecular flexibility index (Phi) is 5.12. The van der Waals surface area contributed by atoms with Crippen LogP contribution in [0.1, 0.15) is 25.2 Å². The number of rotatable bonds is 8. The first kappa shape index (κ1) is 17.4. The highest BCUT2D eigenvalue weighted by atomic mass is 19.3. The van der Waals surface area contributed by atoms with E-state index >= 15 is 0 Å². The van der Waals surface area contributed by atoms with Gasteiger partial charge in [-0.1, -0.05) is 17.3 Å². The molecule has 1 saturated carbocycles. The van der Waals surface area contributed by atoms with Crippen molar-refractivity contribution in [2.45, 2.75) is 38.5 Å². The molecule has 140 valence electrons. The van der Waals surface area contributed by atoms with E-state index in [-0.39, 0.29) is 11.6 Å². The van der Waals surface area contributed by atoms with E-state index in [0.29, 0.717) is 30.0 Å². The van der Waals surface area contributed by atoms with Crippen LogP contribution in [-0.4, -0.2) is 47.5 Å². The van der Waals surface area contributed by atoms with Crippen molar-refractivity contribution in [3.05, 3.63) is 30.2 Å². The molecule has 2 heterocycles. The summed E-state index contributed by atoms with van der Waals surface area (Å²) in [5, 5.41) is 3.96. The van der Waals surface area contributed by atoms with Gasteiger partial charge in [0.1, 0.15) is 5.75 Å². The molecule has 1 aliphatic carbocycles. The molecule has 0 amide bonds. The topological polar surface area (TPSA) is 60.6 Å². The molecule has 1 atom stereocenters. The molecule has 2 aromatic rings. The summed E-state index contributed by atoms with van der Waals surface area (Å²) >= 11 is 0. The Morgan fingerprint density at radius 3 is 2.81 bits per heavy atom. The maximum atomic E-state index is 12.6. The summed E-state index contributed by atoms with van der Waals surface area (Å²) in [6.07, 6.45) is 3.44. The van der Waals surface area contributed by atoms with Crippen LogP contribution in [0.4, 0.5) is 8.78 Å². The van der Waals surface area contributed by atoms with Gasteiger partial charge >= 0.3 is 6.61 Å². The summed E-state index contributed by atoms with van der Waals surface area (Å²) in [4.78, 5) is 6.76. The lowest BCUT2D eigenvalue weighted by Crippen LogP contribution is -2.31. The second-order valence-corrected chi connectivity index (χ2v) is 6.78. The smallest absolute Gasteiger partial charge is 0.387 e. The summed E-state index contributed by atoms with van der Waals surface area (Å²) in [6.45, 7) is 0.242. The van der Waals surface area contributed by atoms with Crippen molar-refractivity contribution < 1.29 is 22.8 Å². The quantitative estimate of drug-likeness (QED) is 0.715. The fourth-order valence-electron chi connectivity index (χ4n) is 3.29. The second kappa shape index (κ2) is 7.67. The number of alkyl halides is 2. The number of nitrogens with zero attached hydrogens (tertiary/aromatic N) is 3. The van der Waals surface area contributed by atoms with Crippen LogP contribution in [0.15, 0.2) is 28.8 Å². The van der Waals surface area contributed by atoms with Gasteiger partial charge in [0, 0.05) is 19.2 Å². The number of ether oxygens (including phenoxy) is 2. The van der Waals surface area contributed by atoms with Crippen molar-refractivity contribution in [3.8, 4) is 17.1 Å². The number of aromatic nitrogens is 2. The Morgan fingerprint density at radius 1 is 1.23 bits per heavy atom. The average molecular weight is 365 g/mol. The predicted molar refractivity (Wildman–Crippen MR) is 88.7 cm³/mol. The van der Waals surface area contributed by atoms with Crippen LogP contribution in [0.3, 0.4) is 0 Å². The van der Waals surface area contributed by atoms with Crippen molar-refractivity contribution in [2.24, 2.45) is 5.92 Å². The third-order valence-electron chi connectivity index (χ3n) is 4.73.